The first-order valence-electron chi connectivity index (χ1n) is 8.26. The summed E-state index contributed by atoms with van der Waals surface area (Å²) in [5.74, 6) is 1.31. The molecule has 0 radical (unpaired) electrons. The number of para-hydroxylation sites is 1. The minimum atomic E-state index is -0.165. The molecule has 5 nitrogen and oxygen atoms in total. The van der Waals surface area contributed by atoms with Crippen LogP contribution in [0.5, 0.6) is 11.5 Å². The average molecular weight is 334 g/mol. The third-order valence-corrected chi connectivity index (χ3v) is 4.29. The van der Waals surface area contributed by atoms with Crippen LogP contribution >= 0.6 is 0 Å². The maximum Gasteiger partial charge on any atom is 0.253 e. The summed E-state index contributed by atoms with van der Waals surface area (Å²) < 4.78 is 11.2. The van der Waals surface area contributed by atoms with E-state index in [-0.39, 0.29) is 11.9 Å². The molecule has 3 aromatic rings. The molecule has 4 rings (SSSR count). The molecule has 1 aliphatic rings. The Bertz CT molecular complexity index is 934. The molecule has 1 aromatic heterocycles. The van der Waals surface area contributed by atoms with Crippen LogP contribution < -0.4 is 14.8 Å². The van der Waals surface area contributed by atoms with Crippen molar-refractivity contribution in [1.82, 2.24) is 10.3 Å². The molecular weight excluding hydrogens is 316 g/mol. The zero-order valence-corrected chi connectivity index (χ0v) is 13.9. The highest BCUT2D eigenvalue weighted by Crippen LogP contribution is 2.32. The van der Waals surface area contributed by atoms with Gasteiger partial charge in [0.05, 0.1) is 17.1 Å². The standard InChI is InChI=1S/C20H18N2O3/c1-13(15-7-8-17-18(12-15)25-11-10-24-17)22-20(23)16-6-2-4-14-5-3-9-21-19(14)16/h2-9,12-13H,10-11H2,1H3,(H,22,23). The molecule has 0 bridgehead atoms. The van der Waals surface area contributed by atoms with Gasteiger partial charge < -0.3 is 14.8 Å². The van der Waals surface area contributed by atoms with Crippen LogP contribution in [0.4, 0.5) is 0 Å². The second-order valence-corrected chi connectivity index (χ2v) is 5.98. The van der Waals surface area contributed by atoms with Crippen molar-refractivity contribution in [3.8, 4) is 11.5 Å². The number of ether oxygens (including phenoxy) is 2. The van der Waals surface area contributed by atoms with Crippen LogP contribution in [-0.4, -0.2) is 24.1 Å². The van der Waals surface area contributed by atoms with Gasteiger partial charge in [-0.15, -0.1) is 0 Å². The zero-order valence-electron chi connectivity index (χ0n) is 13.9. The van der Waals surface area contributed by atoms with Gasteiger partial charge in [0.25, 0.3) is 5.91 Å². The maximum atomic E-state index is 12.7. The van der Waals surface area contributed by atoms with E-state index in [1.165, 1.54) is 0 Å². The number of amides is 1. The molecule has 126 valence electrons. The number of aromatic nitrogens is 1. The molecule has 2 heterocycles. The van der Waals surface area contributed by atoms with Gasteiger partial charge in [-0.05, 0) is 36.8 Å². The first-order valence-corrected chi connectivity index (χ1v) is 8.26. The van der Waals surface area contributed by atoms with Crippen LogP contribution in [0.2, 0.25) is 0 Å². The van der Waals surface area contributed by atoms with Crippen LogP contribution in [0, 0.1) is 0 Å². The molecule has 2 aromatic carbocycles. The third kappa shape index (κ3) is 3.01. The topological polar surface area (TPSA) is 60.5 Å². The number of fused-ring (bicyclic) bond motifs is 2. The number of nitrogens with one attached hydrogen (secondary N) is 1. The van der Waals surface area contributed by atoms with E-state index in [1.807, 2.05) is 49.4 Å². The first kappa shape index (κ1) is 15.4. The number of benzene rings is 2. The first-order chi connectivity index (χ1) is 12.2. The summed E-state index contributed by atoms with van der Waals surface area (Å²) in [6.45, 7) is 3.05. The number of hydrogen-bond acceptors (Lipinski definition) is 4. The molecular formula is C20H18N2O3. The van der Waals surface area contributed by atoms with Crippen molar-refractivity contribution in [3.05, 3.63) is 65.9 Å². The van der Waals surface area contributed by atoms with Crippen LogP contribution in [0.15, 0.2) is 54.7 Å². The van der Waals surface area contributed by atoms with Gasteiger partial charge in [-0.3, -0.25) is 9.78 Å². The molecule has 1 atom stereocenters. The van der Waals surface area contributed by atoms with Gasteiger partial charge in [-0.1, -0.05) is 24.3 Å². The molecule has 25 heavy (non-hydrogen) atoms. The smallest absolute Gasteiger partial charge is 0.253 e. The molecule has 0 fully saturated rings. The summed E-state index contributed by atoms with van der Waals surface area (Å²) in [7, 11) is 0. The van der Waals surface area contributed by atoms with Crippen molar-refractivity contribution < 1.29 is 14.3 Å². The fraction of sp³-hybridized carbons (Fsp3) is 0.200. The highest BCUT2D eigenvalue weighted by atomic mass is 16.6. The molecule has 0 saturated heterocycles. The number of carbonyl (C=O) groups excluding carboxylic acids is 1. The van der Waals surface area contributed by atoms with E-state index < -0.39 is 0 Å². The highest BCUT2D eigenvalue weighted by Gasteiger charge is 2.17. The second-order valence-electron chi connectivity index (χ2n) is 5.98. The summed E-state index contributed by atoms with van der Waals surface area (Å²) >= 11 is 0. The van der Waals surface area contributed by atoms with E-state index in [4.69, 9.17) is 9.47 Å². The molecule has 1 aliphatic heterocycles. The van der Waals surface area contributed by atoms with Gasteiger partial charge in [0, 0.05) is 11.6 Å². The average Bonchev–Trinajstić information content (AvgIpc) is 2.67. The molecule has 1 N–H and O–H groups in total. The summed E-state index contributed by atoms with van der Waals surface area (Å²) in [5, 5.41) is 3.98. The van der Waals surface area contributed by atoms with E-state index >= 15 is 0 Å². The zero-order chi connectivity index (χ0) is 17.2. The number of rotatable bonds is 3. The van der Waals surface area contributed by atoms with Gasteiger partial charge in [-0.25, -0.2) is 0 Å². The van der Waals surface area contributed by atoms with E-state index in [1.54, 1.807) is 12.3 Å². The van der Waals surface area contributed by atoms with E-state index in [0.29, 0.717) is 24.3 Å². The van der Waals surface area contributed by atoms with Crippen molar-refractivity contribution in [2.75, 3.05) is 13.2 Å². The Hall–Kier alpha value is -3.08. The molecule has 1 amide bonds. The molecule has 0 saturated carbocycles. The van der Waals surface area contributed by atoms with Crippen LogP contribution in [0.25, 0.3) is 10.9 Å². The Balaban J connectivity index is 1.58. The second kappa shape index (κ2) is 6.43. The van der Waals surface area contributed by atoms with Crippen molar-refractivity contribution in [2.45, 2.75) is 13.0 Å². The van der Waals surface area contributed by atoms with E-state index in [0.717, 1.165) is 22.4 Å². The molecule has 0 spiro atoms. The van der Waals surface area contributed by atoms with Crippen molar-refractivity contribution in [1.29, 1.82) is 0 Å². The summed E-state index contributed by atoms with van der Waals surface area (Å²) in [5.41, 5.74) is 2.24. The normalized spacial score (nSPS) is 14.1. The molecule has 0 aliphatic carbocycles. The summed E-state index contributed by atoms with van der Waals surface area (Å²) in [6.07, 6.45) is 1.70. The lowest BCUT2D eigenvalue weighted by atomic mass is 10.1. The number of hydrogen-bond donors (Lipinski definition) is 1. The third-order valence-electron chi connectivity index (χ3n) is 4.29. The van der Waals surface area contributed by atoms with Crippen LogP contribution in [0.3, 0.4) is 0 Å². The quantitative estimate of drug-likeness (QED) is 0.796. The Labute approximate surface area is 145 Å². The SMILES string of the molecule is CC(NC(=O)c1cccc2cccnc12)c1ccc2c(c1)OCCO2. The molecule has 1 unspecified atom stereocenters. The van der Waals surface area contributed by atoms with E-state index in [2.05, 4.69) is 10.3 Å². The van der Waals surface area contributed by atoms with Crippen molar-refractivity contribution in [3.63, 3.8) is 0 Å². The van der Waals surface area contributed by atoms with Gasteiger partial charge >= 0.3 is 0 Å². The predicted octanol–water partition coefficient (Wildman–Crippen LogP) is 3.50. The predicted molar refractivity (Wildman–Crippen MR) is 95.1 cm³/mol. The number of nitrogens with zero attached hydrogens (tertiary/aromatic N) is 1. The van der Waals surface area contributed by atoms with Crippen molar-refractivity contribution in [2.24, 2.45) is 0 Å². The lowest BCUT2D eigenvalue weighted by Crippen LogP contribution is -2.27. The highest BCUT2D eigenvalue weighted by molar-refractivity contribution is 6.05. The summed E-state index contributed by atoms with van der Waals surface area (Å²) in [6, 6.07) is 15.0. The number of carbonyl (C=O) groups is 1. The minimum Gasteiger partial charge on any atom is -0.486 e. The Morgan fingerprint density at radius 3 is 2.76 bits per heavy atom. The van der Waals surface area contributed by atoms with Crippen LogP contribution in [0.1, 0.15) is 28.9 Å². The lowest BCUT2D eigenvalue weighted by Gasteiger charge is -2.21. The maximum absolute atomic E-state index is 12.7. The van der Waals surface area contributed by atoms with Crippen LogP contribution in [-0.2, 0) is 0 Å². The fourth-order valence-corrected chi connectivity index (χ4v) is 2.97. The van der Waals surface area contributed by atoms with Gasteiger partial charge in [0.1, 0.15) is 13.2 Å². The monoisotopic (exact) mass is 334 g/mol. The van der Waals surface area contributed by atoms with Crippen molar-refractivity contribution >= 4 is 16.8 Å². The Morgan fingerprint density at radius 1 is 1.08 bits per heavy atom. The minimum absolute atomic E-state index is 0.147. The lowest BCUT2D eigenvalue weighted by molar-refractivity contribution is 0.0941. The number of pyridine rings is 1. The molecule has 5 heteroatoms. The van der Waals surface area contributed by atoms with Gasteiger partial charge in [-0.2, -0.15) is 0 Å². The largest absolute Gasteiger partial charge is 0.486 e. The summed E-state index contributed by atoms with van der Waals surface area (Å²) in [4.78, 5) is 17.1. The van der Waals surface area contributed by atoms with Gasteiger partial charge in [0.2, 0.25) is 0 Å². The fourth-order valence-electron chi connectivity index (χ4n) is 2.97. The van der Waals surface area contributed by atoms with Gasteiger partial charge in [0.15, 0.2) is 11.5 Å². The van der Waals surface area contributed by atoms with E-state index in [9.17, 15) is 4.79 Å². The Morgan fingerprint density at radius 2 is 1.88 bits per heavy atom. The Kier molecular flexibility index (Phi) is 3.98.